The second kappa shape index (κ2) is 3.58. The minimum Gasteiger partial charge on any atom is -0.326 e. The number of hydrogen-bond donors (Lipinski definition) is 0. The van der Waals surface area contributed by atoms with Crippen molar-refractivity contribution in [3.05, 3.63) is 29.8 Å². The van der Waals surface area contributed by atoms with Crippen molar-refractivity contribution in [3.8, 4) is 0 Å². The van der Waals surface area contributed by atoms with Crippen LogP contribution in [0, 0.1) is 0 Å². The Morgan fingerprint density at radius 3 is 2.47 bits per heavy atom. The number of aliphatic imine (C=N–C) groups is 1. The summed E-state index contributed by atoms with van der Waals surface area (Å²) in [5.41, 5.74) is 2.60. The zero-order valence-corrected chi connectivity index (χ0v) is 10.7. The molecular weight excluding hydrogens is 200 g/mol. The van der Waals surface area contributed by atoms with Crippen molar-refractivity contribution >= 4 is 20.7 Å². The largest absolute Gasteiger partial charge is 0.326 e. The van der Waals surface area contributed by atoms with Crippen LogP contribution in [0.15, 0.2) is 29.3 Å². The zero-order valence-electron chi connectivity index (χ0n) is 9.70. The SMILES string of the molecule is CN(C)[Si]C1=Nc2ccccc2C1(C)C. The fraction of sp³-hybridized carbons (Fsp3) is 0.417. The Hall–Kier alpha value is -0.933. The Kier molecular flexibility index (Phi) is 2.52. The molecule has 1 heterocycles. The van der Waals surface area contributed by atoms with Gasteiger partial charge in [0.15, 0.2) is 0 Å². The van der Waals surface area contributed by atoms with Crippen molar-refractivity contribution in [3.63, 3.8) is 0 Å². The molecule has 0 spiro atoms. The summed E-state index contributed by atoms with van der Waals surface area (Å²) in [4.78, 5) is 4.73. The van der Waals surface area contributed by atoms with Crippen molar-refractivity contribution in [2.45, 2.75) is 19.3 Å². The van der Waals surface area contributed by atoms with Crippen LogP contribution in [-0.4, -0.2) is 33.7 Å². The van der Waals surface area contributed by atoms with Gasteiger partial charge in [0.25, 0.3) is 0 Å². The molecule has 0 saturated heterocycles. The maximum Gasteiger partial charge on any atom is 0.202 e. The number of hydrogen-bond acceptors (Lipinski definition) is 2. The summed E-state index contributed by atoms with van der Waals surface area (Å²) in [7, 11) is 4.87. The highest BCUT2D eigenvalue weighted by Crippen LogP contribution is 2.39. The number of rotatable bonds is 2. The second-order valence-corrected chi connectivity index (χ2v) is 6.20. The monoisotopic (exact) mass is 216 g/mol. The predicted octanol–water partition coefficient (Wildman–Crippen LogP) is 2.19. The molecule has 2 nitrogen and oxygen atoms in total. The van der Waals surface area contributed by atoms with Gasteiger partial charge >= 0.3 is 0 Å². The molecule has 0 unspecified atom stereocenters. The molecule has 0 saturated carbocycles. The molecule has 1 aromatic rings. The normalized spacial score (nSPS) is 17.8. The van der Waals surface area contributed by atoms with E-state index in [9.17, 15) is 0 Å². The molecule has 0 atom stereocenters. The average Bonchev–Trinajstić information content (AvgIpc) is 2.39. The van der Waals surface area contributed by atoms with Gasteiger partial charge in [-0.2, -0.15) is 0 Å². The quantitative estimate of drug-likeness (QED) is 0.692. The summed E-state index contributed by atoms with van der Waals surface area (Å²) >= 11 is 0. The van der Waals surface area contributed by atoms with E-state index in [-0.39, 0.29) is 5.41 Å². The van der Waals surface area contributed by atoms with E-state index in [2.05, 4.69) is 56.8 Å². The lowest BCUT2D eigenvalue weighted by molar-refractivity contribution is 0.662. The highest BCUT2D eigenvalue weighted by Gasteiger charge is 2.34. The van der Waals surface area contributed by atoms with Gasteiger partial charge in [-0.25, -0.2) is 0 Å². The van der Waals surface area contributed by atoms with Gasteiger partial charge in [-0.1, -0.05) is 32.0 Å². The van der Waals surface area contributed by atoms with Crippen molar-refractivity contribution in [1.29, 1.82) is 0 Å². The molecule has 0 amide bonds. The van der Waals surface area contributed by atoms with Crippen molar-refractivity contribution in [2.24, 2.45) is 4.99 Å². The van der Waals surface area contributed by atoms with Gasteiger partial charge in [0.2, 0.25) is 9.68 Å². The van der Waals surface area contributed by atoms with Crippen LogP contribution in [-0.2, 0) is 5.41 Å². The van der Waals surface area contributed by atoms with E-state index in [1.54, 1.807) is 0 Å². The third kappa shape index (κ3) is 1.77. The third-order valence-corrected chi connectivity index (χ3v) is 4.13. The summed E-state index contributed by atoms with van der Waals surface area (Å²) in [6, 6.07) is 8.44. The number of benzene rings is 1. The molecule has 1 aliphatic rings. The van der Waals surface area contributed by atoms with E-state index in [4.69, 9.17) is 4.99 Å². The highest BCUT2D eigenvalue weighted by molar-refractivity contribution is 6.75. The first-order valence-electron chi connectivity index (χ1n) is 5.14. The maximum atomic E-state index is 4.73. The van der Waals surface area contributed by atoms with Gasteiger partial charge in [0.05, 0.1) is 5.69 Å². The van der Waals surface area contributed by atoms with Crippen LogP contribution in [0.4, 0.5) is 5.69 Å². The molecule has 1 aromatic carbocycles. The van der Waals surface area contributed by atoms with E-state index in [1.807, 2.05) is 0 Å². The zero-order chi connectivity index (χ0) is 11.1. The molecule has 1 aliphatic heterocycles. The van der Waals surface area contributed by atoms with Crippen LogP contribution in [0.2, 0.25) is 0 Å². The number of para-hydroxylation sites is 1. The molecule has 78 valence electrons. The minimum absolute atomic E-state index is 0.0965. The molecule has 0 N–H and O–H groups in total. The fourth-order valence-corrected chi connectivity index (χ4v) is 2.87. The summed E-state index contributed by atoms with van der Waals surface area (Å²) in [6.07, 6.45) is 0. The number of nitrogens with zero attached hydrogens (tertiary/aromatic N) is 2. The van der Waals surface area contributed by atoms with Crippen LogP contribution in [0.25, 0.3) is 0 Å². The van der Waals surface area contributed by atoms with Gasteiger partial charge in [-0.15, -0.1) is 0 Å². The summed E-state index contributed by atoms with van der Waals surface area (Å²) in [5.74, 6) is 0. The smallest absolute Gasteiger partial charge is 0.202 e. The van der Waals surface area contributed by atoms with Crippen molar-refractivity contribution in [1.82, 2.24) is 4.57 Å². The topological polar surface area (TPSA) is 15.6 Å². The molecule has 0 aromatic heterocycles. The molecule has 2 rings (SSSR count). The predicted molar refractivity (Wildman–Crippen MR) is 66.0 cm³/mol. The first-order chi connectivity index (χ1) is 7.01. The van der Waals surface area contributed by atoms with E-state index in [0.717, 1.165) is 5.69 Å². The van der Waals surface area contributed by atoms with Crippen LogP contribution >= 0.6 is 0 Å². The van der Waals surface area contributed by atoms with Gasteiger partial charge in [0, 0.05) is 10.7 Å². The summed E-state index contributed by atoms with van der Waals surface area (Å²) in [5, 5.41) is 1.29. The van der Waals surface area contributed by atoms with Crippen molar-refractivity contribution < 1.29 is 0 Å². The van der Waals surface area contributed by atoms with Gasteiger partial charge < -0.3 is 4.57 Å². The van der Waals surface area contributed by atoms with E-state index < -0.39 is 0 Å². The lowest BCUT2D eigenvalue weighted by Gasteiger charge is -2.23. The van der Waals surface area contributed by atoms with E-state index in [1.165, 1.54) is 10.9 Å². The highest BCUT2D eigenvalue weighted by atomic mass is 28.2. The third-order valence-electron chi connectivity index (χ3n) is 2.73. The van der Waals surface area contributed by atoms with Crippen molar-refractivity contribution in [2.75, 3.05) is 14.1 Å². The molecule has 15 heavy (non-hydrogen) atoms. The number of fused-ring (bicyclic) bond motifs is 1. The first-order valence-corrected chi connectivity index (χ1v) is 6.09. The van der Waals surface area contributed by atoms with E-state index in [0.29, 0.717) is 9.68 Å². The van der Waals surface area contributed by atoms with Gasteiger partial charge in [0.1, 0.15) is 0 Å². The average molecular weight is 216 g/mol. The fourth-order valence-electron chi connectivity index (χ4n) is 1.86. The second-order valence-electron chi connectivity index (χ2n) is 4.61. The summed E-state index contributed by atoms with van der Waals surface area (Å²) in [6.45, 7) is 4.52. The standard InChI is InChI=1S/C12H16N2Si/c1-12(2)9-7-5-6-8-10(9)13-11(12)15-14(3)4/h5-8H,1-4H3. The van der Waals surface area contributed by atoms with Gasteiger partial charge in [-0.3, -0.25) is 4.99 Å². The molecule has 0 fully saturated rings. The summed E-state index contributed by atoms with van der Waals surface area (Å²) < 4.78 is 2.20. The maximum absolute atomic E-state index is 4.73. The Morgan fingerprint density at radius 1 is 1.20 bits per heavy atom. The molecular formula is C12H16N2Si. The Bertz CT molecular complexity index is 408. The van der Waals surface area contributed by atoms with Crippen LogP contribution < -0.4 is 0 Å². The van der Waals surface area contributed by atoms with Gasteiger partial charge in [-0.05, 0) is 25.7 Å². The molecule has 0 bridgehead atoms. The Labute approximate surface area is 93.9 Å². The van der Waals surface area contributed by atoms with E-state index >= 15 is 0 Å². The van der Waals surface area contributed by atoms with Crippen LogP contribution in [0.5, 0.6) is 0 Å². The Balaban J connectivity index is 2.40. The minimum atomic E-state index is 0.0965. The van der Waals surface area contributed by atoms with Crippen LogP contribution in [0.1, 0.15) is 19.4 Å². The Morgan fingerprint density at radius 2 is 1.87 bits per heavy atom. The lowest BCUT2D eigenvalue weighted by atomic mass is 9.87. The molecule has 2 radical (unpaired) electrons. The molecule has 0 aliphatic carbocycles. The van der Waals surface area contributed by atoms with Crippen LogP contribution in [0.3, 0.4) is 0 Å². The molecule has 3 heteroatoms. The lowest BCUT2D eigenvalue weighted by Crippen LogP contribution is -2.37. The first kappa shape index (κ1) is 10.6.